The van der Waals surface area contributed by atoms with Crippen LogP contribution >= 0.6 is 0 Å². The first kappa shape index (κ1) is 21.3. The van der Waals surface area contributed by atoms with Crippen molar-refractivity contribution in [3.8, 4) is 0 Å². The van der Waals surface area contributed by atoms with Gasteiger partial charge in [0.05, 0.1) is 6.10 Å². The summed E-state index contributed by atoms with van der Waals surface area (Å²) in [4.78, 5) is 0. The van der Waals surface area contributed by atoms with Crippen LogP contribution in [0.15, 0.2) is 58.8 Å². The maximum absolute atomic E-state index is 14.2. The van der Waals surface area contributed by atoms with Crippen LogP contribution in [0.4, 0.5) is 26.3 Å². The molecule has 0 spiro atoms. The number of hydrogen-bond donors (Lipinski definition) is 0. The van der Waals surface area contributed by atoms with E-state index in [1.165, 1.54) is 19.9 Å². The van der Waals surface area contributed by atoms with Gasteiger partial charge in [0.15, 0.2) is 0 Å². The highest BCUT2D eigenvalue weighted by atomic mass is 19.3. The van der Waals surface area contributed by atoms with E-state index in [9.17, 15) is 26.3 Å². The standard InChI is InChI=1S/C18H20F6O/c1-5-13(19)12(4)15(21)9-11(3)25-18(23,24)17-14(20)7-6-10(2)8-16(17)22/h6-11H,5H2,1-4H3/b13-12+,15-9+. The van der Waals surface area contributed by atoms with Crippen LogP contribution < -0.4 is 0 Å². The highest BCUT2D eigenvalue weighted by Crippen LogP contribution is 2.38. The SMILES string of the molecule is CC/C(F)=C(C)\C(F)=C/C(C)OC(F)(F)C1=C(F)C=CC(C)C=C1F. The third-order valence-corrected chi connectivity index (χ3v) is 3.51. The molecule has 0 bridgehead atoms. The van der Waals surface area contributed by atoms with Crippen molar-refractivity contribution in [1.82, 2.24) is 0 Å². The molecule has 0 amide bonds. The maximum atomic E-state index is 14.2. The fourth-order valence-electron chi connectivity index (χ4n) is 2.13. The second kappa shape index (κ2) is 8.56. The Bertz CT molecular complexity index is 654. The Kier molecular flexibility index (Phi) is 7.29. The summed E-state index contributed by atoms with van der Waals surface area (Å²) in [5.41, 5.74) is -1.90. The largest absolute Gasteiger partial charge is 0.389 e. The molecule has 0 aromatic rings. The predicted octanol–water partition coefficient (Wildman–Crippen LogP) is 6.77. The summed E-state index contributed by atoms with van der Waals surface area (Å²) < 4.78 is 87.6. The van der Waals surface area contributed by atoms with Gasteiger partial charge in [-0.15, -0.1) is 0 Å². The first-order chi connectivity index (χ1) is 11.5. The maximum Gasteiger partial charge on any atom is 0.389 e. The van der Waals surface area contributed by atoms with Gasteiger partial charge < -0.3 is 4.74 Å². The monoisotopic (exact) mass is 366 g/mol. The second-order valence-corrected chi connectivity index (χ2v) is 5.69. The van der Waals surface area contributed by atoms with Gasteiger partial charge in [0.2, 0.25) is 0 Å². The Morgan fingerprint density at radius 3 is 2.48 bits per heavy atom. The molecule has 0 heterocycles. The average molecular weight is 366 g/mol. The number of rotatable bonds is 6. The van der Waals surface area contributed by atoms with Gasteiger partial charge in [-0.3, -0.25) is 0 Å². The van der Waals surface area contributed by atoms with Crippen LogP contribution in [-0.2, 0) is 4.74 Å². The van der Waals surface area contributed by atoms with E-state index in [1.54, 1.807) is 0 Å². The number of allylic oxidation sites excluding steroid dienone is 7. The van der Waals surface area contributed by atoms with Crippen LogP contribution in [0.3, 0.4) is 0 Å². The lowest BCUT2D eigenvalue weighted by Gasteiger charge is -2.22. The molecule has 25 heavy (non-hydrogen) atoms. The number of hydrogen-bond acceptors (Lipinski definition) is 1. The van der Waals surface area contributed by atoms with Crippen LogP contribution in [0.25, 0.3) is 0 Å². The van der Waals surface area contributed by atoms with E-state index >= 15 is 0 Å². The molecule has 140 valence electrons. The fraction of sp³-hybridized carbons (Fsp3) is 0.444. The van der Waals surface area contributed by atoms with Gasteiger partial charge in [-0.1, -0.05) is 19.9 Å². The minimum atomic E-state index is -4.34. The Morgan fingerprint density at radius 2 is 1.92 bits per heavy atom. The molecule has 0 aromatic carbocycles. The first-order valence-corrected chi connectivity index (χ1v) is 7.74. The predicted molar refractivity (Wildman–Crippen MR) is 84.4 cm³/mol. The smallest absolute Gasteiger partial charge is 0.309 e. The number of alkyl halides is 2. The number of halogens is 6. The van der Waals surface area contributed by atoms with Crippen LogP contribution in [-0.4, -0.2) is 12.2 Å². The molecule has 0 saturated heterocycles. The Labute approximate surface area is 143 Å². The van der Waals surface area contributed by atoms with Crippen molar-refractivity contribution in [2.24, 2.45) is 5.92 Å². The quantitative estimate of drug-likeness (QED) is 0.372. The number of ether oxygens (including phenoxy) is 1. The lowest BCUT2D eigenvalue weighted by molar-refractivity contribution is -0.223. The minimum absolute atomic E-state index is 0.0584. The third-order valence-electron chi connectivity index (χ3n) is 3.51. The Balaban J connectivity index is 3.08. The van der Waals surface area contributed by atoms with Gasteiger partial charge in [0.25, 0.3) is 0 Å². The van der Waals surface area contributed by atoms with E-state index in [2.05, 4.69) is 4.74 Å². The zero-order valence-corrected chi connectivity index (χ0v) is 14.3. The summed E-state index contributed by atoms with van der Waals surface area (Å²) in [6.45, 7) is 5.16. The van der Waals surface area contributed by atoms with Crippen LogP contribution in [0.2, 0.25) is 0 Å². The van der Waals surface area contributed by atoms with Crippen molar-refractivity contribution in [2.45, 2.75) is 46.3 Å². The van der Waals surface area contributed by atoms with Crippen molar-refractivity contribution < 1.29 is 31.1 Å². The topological polar surface area (TPSA) is 9.23 Å². The summed E-state index contributed by atoms with van der Waals surface area (Å²) in [5, 5.41) is 0. The van der Waals surface area contributed by atoms with Crippen LogP contribution in [0.1, 0.15) is 34.1 Å². The van der Waals surface area contributed by atoms with E-state index < -0.39 is 47.0 Å². The highest BCUT2D eigenvalue weighted by Gasteiger charge is 2.43. The van der Waals surface area contributed by atoms with Crippen molar-refractivity contribution in [3.63, 3.8) is 0 Å². The van der Waals surface area contributed by atoms with E-state index in [-0.39, 0.29) is 12.0 Å². The zero-order chi connectivity index (χ0) is 19.4. The summed E-state index contributed by atoms with van der Waals surface area (Å²) >= 11 is 0. The fourth-order valence-corrected chi connectivity index (χ4v) is 2.13. The molecular formula is C18H20F6O. The molecule has 0 aliphatic heterocycles. The molecule has 1 aliphatic carbocycles. The molecule has 7 heteroatoms. The Morgan fingerprint density at radius 1 is 1.32 bits per heavy atom. The van der Waals surface area contributed by atoms with Gasteiger partial charge >= 0.3 is 6.11 Å². The lowest BCUT2D eigenvalue weighted by Crippen LogP contribution is -2.29. The van der Waals surface area contributed by atoms with Gasteiger partial charge in [-0.25, -0.2) is 17.6 Å². The van der Waals surface area contributed by atoms with Gasteiger partial charge in [-0.2, -0.15) is 8.78 Å². The molecular weight excluding hydrogens is 346 g/mol. The third kappa shape index (κ3) is 5.63. The molecule has 2 unspecified atom stereocenters. The molecule has 0 fully saturated rings. The second-order valence-electron chi connectivity index (χ2n) is 5.69. The summed E-state index contributed by atoms with van der Waals surface area (Å²) in [6.07, 6.45) is -2.58. The normalized spacial score (nSPS) is 21.8. The van der Waals surface area contributed by atoms with Crippen LogP contribution in [0.5, 0.6) is 0 Å². The minimum Gasteiger partial charge on any atom is -0.309 e. The molecule has 1 rings (SSSR count). The zero-order valence-electron chi connectivity index (χ0n) is 14.3. The average Bonchev–Trinajstić information content (AvgIpc) is 2.62. The summed E-state index contributed by atoms with van der Waals surface area (Å²) in [5.74, 6) is -5.34. The molecule has 1 nitrogen and oxygen atoms in total. The van der Waals surface area contributed by atoms with E-state index in [0.29, 0.717) is 6.08 Å². The molecule has 2 atom stereocenters. The van der Waals surface area contributed by atoms with Gasteiger partial charge in [0.1, 0.15) is 28.9 Å². The van der Waals surface area contributed by atoms with E-state index in [1.807, 2.05) is 0 Å². The van der Waals surface area contributed by atoms with Crippen molar-refractivity contribution in [3.05, 3.63) is 58.8 Å². The Hall–Kier alpha value is -1.76. The molecule has 0 aromatic heterocycles. The van der Waals surface area contributed by atoms with Gasteiger partial charge in [-0.05, 0) is 44.4 Å². The van der Waals surface area contributed by atoms with Crippen LogP contribution in [0, 0.1) is 5.92 Å². The molecule has 0 saturated carbocycles. The summed E-state index contributed by atoms with van der Waals surface area (Å²) in [7, 11) is 0. The van der Waals surface area contributed by atoms with Gasteiger partial charge in [0, 0.05) is 5.57 Å². The molecule has 1 aliphatic rings. The van der Waals surface area contributed by atoms with Crippen molar-refractivity contribution in [2.75, 3.05) is 0 Å². The first-order valence-electron chi connectivity index (χ1n) is 7.74. The van der Waals surface area contributed by atoms with Crippen molar-refractivity contribution in [1.29, 1.82) is 0 Å². The van der Waals surface area contributed by atoms with Crippen molar-refractivity contribution >= 4 is 0 Å². The highest BCUT2D eigenvalue weighted by molar-refractivity contribution is 5.40. The molecule has 0 radical (unpaired) electrons. The lowest BCUT2D eigenvalue weighted by atomic mass is 10.1. The van der Waals surface area contributed by atoms with E-state index in [4.69, 9.17) is 0 Å². The molecule has 0 N–H and O–H groups in total. The van der Waals surface area contributed by atoms with E-state index in [0.717, 1.165) is 26.0 Å². The summed E-state index contributed by atoms with van der Waals surface area (Å²) in [6, 6.07) is 0.